The van der Waals surface area contributed by atoms with Gasteiger partial charge >= 0.3 is 0 Å². The zero-order valence-corrected chi connectivity index (χ0v) is 13.5. The van der Waals surface area contributed by atoms with E-state index in [1.54, 1.807) is 31.4 Å². The number of rotatable bonds is 6. The van der Waals surface area contributed by atoms with E-state index in [0.29, 0.717) is 30.0 Å². The fourth-order valence-corrected chi connectivity index (χ4v) is 2.37. The molecule has 23 heavy (non-hydrogen) atoms. The Kier molecular flexibility index (Phi) is 5.76. The van der Waals surface area contributed by atoms with E-state index >= 15 is 0 Å². The number of hydrogen-bond donors (Lipinski definition) is 0. The third-order valence-corrected chi connectivity index (χ3v) is 3.55. The highest BCUT2D eigenvalue weighted by Gasteiger charge is 2.16. The van der Waals surface area contributed by atoms with E-state index in [2.05, 4.69) is 6.07 Å². The van der Waals surface area contributed by atoms with Crippen LogP contribution in [-0.2, 0) is 6.54 Å². The molecule has 0 radical (unpaired) electrons. The molecular formula is C19H20N2O2. The van der Waals surface area contributed by atoms with Gasteiger partial charge in [0.15, 0.2) is 0 Å². The fourth-order valence-electron chi connectivity index (χ4n) is 2.37. The summed E-state index contributed by atoms with van der Waals surface area (Å²) in [6.45, 7) is 3.25. The van der Waals surface area contributed by atoms with Gasteiger partial charge in [-0.05, 0) is 42.3 Å². The first-order valence-electron chi connectivity index (χ1n) is 7.60. The van der Waals surface area contributed by atoms with Gasteiger partial charge in [0.2, 0.25) is 0 Å². The molecule has 2 aromatic rings. The third-order valence-electron chi connectivity index (χ3n) is 3.55. The van der Waals surface area contributed by atoms with Crippen LogP contribution in [0, 0.1) is 11.3 Å². The van der Waals surface area contributed by atoms with Gasteiger partial charge in [0.25, 0.3) is 5.91 Å². The molecule has 4 nitrogen and oxygen atoms in total. The summed E-state index contributed by atoms with van der Waals surface area (Å²) < 4.78 is 5.19. The molecule has 0 aliphatic rings. The Labute approximate surface area is 136 Å². The van der Waals surface area contributed by atoms with E-state index in [0.717, 1.165) is 12.0 Å². The molecule has 0 spiro atoms. The predicted molar refractivity (Wildman–Crippen MR) is 89.2 cm³/mol. The average Bonchev–Trinajstić information content (AvgIpc) is 2.61. The largest absolute Gasteiger partial charge is 0.497 e. The van der Waals surface area contributed by atoms with Gasteiger partial charge in [0.1, 0.15) is 5.75 Å². The molecule has 2 aromatic carbocycles. The van der Waals surface area contributed by atoms with Crippen molar-refractivity contribution in [3.63, 3.8) is 0 Å². The van der Waals surface area contributed by atoms with Crippen LogP contribution in [0.5, 0.6) is 5.75 Å². The number of hydrogen-bond acceptors (Lipinski definition) is 3. The van der Waals surface area contributed by atoms with Crippen molar-refractivity contribution in [3.05, 3.63) is 65.2 Å². The van der Waals surface area contributed by atoms with Gasteiger partial charge in [0.05, 0.1) is 18.7 Å². The standard InChI is InChI=1S/C19H20N2O2/c1-3-11-21(14-16-9-7-15(13-20)8-10-16)19(22)17-5-4-6-18(12-17)23-2/h4-10,12H,3,11,14H2,1-2H3. The van der Waals surface area contributed by atoms with Gasteiger partial charge in [-0.1, -0.05) is 25.1 Å². The lowest BCUT2D eigenvalue weighted by atomic mass is 10.1. The predicted octanol–water partition coefficient (Wildman–Crippen LogP) is 3.62. The maximum atomic E-state index is 12.7. The van der Waals surface area contributed by atoms with Crippen molar-refractivity contribution in [1.29, 1.82) is 5.26 Å². The normalized spacial score (nSPS) is 9.96. The molecule has 2 rings (SSSR count). The maximum Gasteiger partial charge on any atom is 0.254 e. The molecule has 118 valence electrons. The molecule has 0 aliphatic carbocycles. The quantitative estimate of drug-likeness (QED) is 0.819. The van der Waals surface area contributed by atoms with Crippen molar-refractivity contribution in [2.75, 3.05) is 13.7 Å². The SMILES string of the molecule is CCCN(Cc1ccc(C#N)cc1)C(=O)c1cccc(OC)c1. The van der Waals surface area contributed by atoms with Crippen LogP contribution in [0.3, 0.4) is 0 Å². The lowest BCUT2D eigenvalue weighted by molar-refractivity contribution is 0.0743. The minimum Gasteiger partial charge on any atom is -0.497 e. The first-order chi connectivity index (χ1) is 11.2. The van der Waals surface area contributed by atoms with Crippen LogP contribution in [0.25, 0.3) is 0 Å². The number of methoxy groups -OCH3 is 1. The molecule has 0 atom stereocenters. The number of ether oxygens (including phenoxy) is 1. The number of nitrogens with zero attached hydrogens (tertiary/aromatic N) is 2. The Morgan fingerprint density at radius 2 is 1.96 bits per heavy atom. The molecule has 0 saturated carbocycles. The molecule has 0 fully saturated rings. The molecule has 0 bridgehead atoms. The highest BCUT2D eigenvalue weighted by atomic mass is 16.5. The summed E-state index contributed by atoms with van der Waals surface area (Å²) in [6, 6.07) is 16.6. The molecule has 4 heteroatoms. The van der Waals surface area contributed by atoms with Crippen molar-refractivity contribution in [2.24, 2.45) is 0 Å². The van der Waals surface area contributed by atoms with Gasteiger partial charge in [0, 0.05) is 18.7 Å². The third kappa shape index (κ3) is 4.33. The van der Waals surface area contributed by atoms with Gasteiger partial charge < -0.3 is 9.64 Å². The Morgan fingerprint density at radius 1 is 1.22 bits per heavy atom. The van der Waals surface area contributed by atoms with Crippen molar-refractivity contribution in [3.8, 4) is 11.8 Å². The highest BCUT2D eigenvalue weighted by molar-refractivity contribution is 5.94. The van der Waals surface area contributed by atoms with Gasteiger partial charge in [-0.15, -0.1) is 0 Å². The Morgan fingerprint density at radius 3 is 2.57 bits per heavy atom. The van der Waals surface area contributed by atoms with E-state index < -0.39 is 0 Å². The minimum atomic E-state index is -0.0184. The van der Waals surface area contributed by atoms with Crippen LogP contribution < -0.4 is 4.74 Å². The van der Waals surface area contributed by atoms with Crippen LogP contribution >= 0.6 is 0 Å². The monoisotopic (exact) mass is 308 g/mol. The summed E-state index contributed by atoms with van der Waals surface area (Å²) in [6.07, 6.45) is 0.881. The maximum absolute atomic E-state index is 12.7. The molecular weight excluding hydrogens is 288 g/mol. The Hall–Kier alpha value is -2.80. The second-order valence-corrected chi connectivity index (χ2v) is 5.27. The first kappa shape index (κ1) is 16.6. The number of carbonyl (C=O) groups is 1. The van der Waals surface area contributed by atoms with Crippen molar-refractivity contribution < 1.29 is 9.53 Å². The lowest BCUT2D eigenvalue weighted by Crippen LogP contribution is -2.31. The van der Waals surface area contributed by atoms with Crippen LogP contribution in [0.2, 0.25) is 0 Å². The molecule has 0 heterocycles. The van der Waals surface area contributed by atoms with Crippen molar-refractivity contribution in [1.82, 2.24) is 4.90 Å². The zero-order chi connectivity index (χ0) is 16.7. The summed E-state index contributed by atoms with van der Waals surface area (Å²) in [4.78, 5) is 14.6. The number of amides is 1. The fraction of sp³-hybridized carbons (Fsp3) is 0.263. The van der Waals surface area contributed by atoms with E-state index in [9.17, 15) is 4.79 Å². The van der Waals surface area contributed by atoms with E-state index in [4.69, 9.17) is 10.00 Å². The molecule has 0 aliphatic heterocycles. The summed E-state index contributed by atoms with van der Waals surface area (Å²) >= 11 is 0. The molecule has 0 aromatic heterocycles. The van der Waals surface area contributed by atoms with Crippen molar-refractivity contribution >= 4 is 5.91 Å². The second kappa shape index (κ2) is 8.00. The van der Waals surface area contributed by atoms with E-state index in [1.807, 2.05) is 36.1 Å². The summed E-state index contributed by atoms with van der Waals surface area (Å²) in [7, 11) is 1.59. The van der Waals surface area contributed by atoms with Crippen LogP contribution in [0.15, 0.2) is 48.5 Å². The van der Waals surface area contributed by atoms with E-state index in [-0.39, 0.29) is 5.91 Å². The molecule has 0 N–H and O–H groups in total. The zero-order valence-electron chi connectivity index (χ0n) is 13.5. The first-order valence-corrected chi connectivity index (χ1v) is 7.60. The highest BCUT2D eigenvalue weighted by Crippen LogP contribution is 2.16. The van der Waals surface area contributed by atoms with Crippen LogP contribution in [-0.4, -0.2) is 24.5 Å². The van der Waals surface area contributed by atoms with Gasteiger partial charge in [-0.25, -0.2) is 0 Å². The Bertz CT molecular complexity index is 702. The number of nitriles is 1. The summed E-state index contributed by atoms with van der Waals surface area (Å²) in [5, 5.41) is 8.85. The smallest absolute Gasteiger partial charge is 0.254 e. The Balaban J connectivity index is 2.19. The second-order valence-electron chi connectivity index (χ2n) is 5.27. The van der Waals surface area contributed by atoms with Crippen LogP contribution in [0.4, 0.5) is 0 Å². The summed E-state index contributed by atoms with van der Waals surface area (Å²) in [5.41, 5.74) is 2.25. The molecule has 0 saturated heterocycles. The van der Waals surface area contributed by atoms with Crippen LogP contribution in [0.1, 0.15) is 34.8 Å². The number of carbonyl (C=O) groups excluding carboxylic acids is 1. The lowest BCUT2D eigenvalue weighted by Gasteiger charge is -2.22. The average molecular weight is 308 g/mol. The summed E-state index contributed by atoms with van der Waals surface area (Å²) in [5.74, 6) is 0.654. The molecule has 1 amide bonds. The van der Waals surface area contributed by atoms with Gasteiger partial charge in [-0.2, -0.15) is 5.26 Å². The van der Waals surface area contributed by atoms with Gasteiger partial charge in [-0.3, -0.25) is 4.79 Å². The minimum absolute atomic E-state index is 0.0184. The number of benzene rings is 2. The topological polar surface area (TPSA) is 53.3 Å². The van der Waals surface area contributed by atoms with Crippen molar-refractivity contribution in [2.45, 2.75) is 19.9 Å². The molecule has 0 unspecified atom stereocenters. The van der Waals surface area contributed by atoms with E-state index in [1.165, 1.54) is 0 Å².